The average molecular weight is 460 g/mol. The van der Waals surface area contributed by atoms with Gasteiger partial charge in [-0.05, 0) is 66.9 Å². The summed E-state index contributed by atoms with van der Waals surface area (Å²) < 4.78 is 0. The molecular formula is C26H22ClN3O3. The lowest BCUT2D eigenvalue weighted by molar-refractivity contribution is -0.120. The first-order valence-corrected chi connectivity index (χ1v) is 10.7. The quantitative estimate of drug-likeness (QED) is 0.507. The molecule has 0 fully saturated rings. The SMILES string of the molecule is CC(=O)Nc1ccc(C2=C(Nc3cc(Cl)ccc3C)C(=O)N(c3cccc(C)c3)C2=O)cc1. The standard InChI is InChI=1S/C26H22ClN3O3/c1-15-5-4-6-21(13-15)30-25(32)23(18-8-11-20(12-9-18)28-17(3)31)24(26(30)33)29-22-14-19(27)10-7-16(22)2/h4-14,29H,1-3H3,(H,28,31). The van der Waals surface area contributed by atoms with Gasteiger partial charge in [0.2, 0.25) is 5.91 Å². The second kappa shape index (κ2) is 8.92. The lowest BCUT2D eigenvalue weighted by atomic mass is 10.0. The molecular weight excluding hydrogens is 438 g/mol. The van der Waals surface area contributed by atoms with Crippen LogP contribution in [0, 0.1) is 13.8 Å². The Bertz CT molecular complexity index is 1310. The summed E-state index contributed by atoms with van der Waals surface area (Å²) >= 11 is 6.17. The van der Waals surface area contributed by atoms with Gasteiger partial charge in [0.15, 0.2) is 0 Å². The van der Waals surface area contributed by atoms with Crippen molar-refractivity contribution >= 4 is 52.0 Å². The maximum atomic E-state index is 13.6. The highest BCUT2D eigenvalue weighted by atomic mass is 35.5. The molecule has 2 N–H and O–H groups in total. The third-order valence-electron chi connectivity index (χ3n) is 5.30. The number of nitrogens with one attached hydrogen (secondary N) is 2. The van der Waals surface area contributed by atoms with E-state index in [1.165, 1.54) is 11.8 Å². The van der Waals surface area contributed by atoms with E-state index in [1.54, 1.807) is 54.6 Å². The summed E-state index contributed by atoms with van der Waals surface area (Å²) in [4.78, 5) is 39.6. The average Bonchev–Trinajstić information content (AvgIpc) is 3.00. The van der Waals surface area contributed by atoms with Crippen molar-refractivity contribution in [3.05, 3.63) is 94.1 Å². The van der Waals surface area contributed by atoms with Gasteiger partial charge in [-0.15, -0.1) is 0 Å². The molecule has 3 amide bonds. The lowest BCUT2D eigenvalue weighted by Crippen LogP contribution is -2.32. The molecule has 6 nitrogen and oxygen atoms in total. The minimum absolute atomic E-state index is 0.166. The van der Waals surface area contributed by atoms with E-state index >= 15 is 0 Å². The second-order valence-corrected chi connectivity index (χ2v) is 8.31. The Morgan fingerprint density at radius 3 is 2.30 bits per heavy atom. The summed E-state index contributed by atoms with van der Waals surface area (Å²) in [7, 11) is 0. The molecule has 0 unspecified atom stereocenters. The van der Waals surface area contributed by atoms with Crippen LogP contribution in [0.4, 0.5) is 17.1 Å². The maximum Gasteiger partial charge on any atom is 0.282 e. The summed E-state index contributed by atoms with van der Waals surface area (Å²) in [6.07, 6.45) is 0. The van der Waals surface area contributed by atoms with Gasteiger partial charge in [-0.1, -0.05) is 41.9 Å². The highest BCUT2D eigenvalue weighted by Crippen LogP contribution is 2.35. The van der Waals surface area contributed by atoms with Crippen LogP contribution in [0.15, 0.2) is 72.4 Å². The van der Waals surface area contributed by atoms with Gasteiger partial charge in [-0.25, -0.2) is 4.90 Å². The van der Waals surface area contributed by atoms with Crippen molar-refractivity contribution in [2.45, 2.75) is 20.8 Å². The number of rotatable bonds is 5. The smallest absolute Gasteiger partial charge is 0.282 e. The van der Waals surface area contributed by atoms with Crippen molar-refractivity contribution in [2.75, 3.05) is 15.5 Å². The normalized spacial score (nSPS) is 13.5. The fraction of sp³-hybridized carbons (Fsp3) is 0.115. The first-order chi connectivity index (χ1) is 15.7. The third kappa shape index (κ3) is 4.52. The Morgan fingerprint density at radius 1 is 0.909 bits per heavy atom. The van der Waals surface area contributed by atoms with Crippen LogP contribution in [-0.4, -0.2) is 17.7 Å². The van der Waals surface area contributed by atoms with Crippen molar-refractivity contribution in [2.24, 2.45) is 0 Å². The van der Waals surface area contributed by atoms with Gasteiger partial charge in [0, 0.05) is 23.3 Å². The summed E-state index contributed by atoms with van der Waals surface area (Å²) in [5.74, 6) is -1.08. The van der Waals surface area contributed by atoms with Crippen LogP contribution in [-0.2, 0) is 14.4 Å². The number of carbonyl (C=O) groups is 3. The number of halogens is 1. The van der Waals surface area contributed by atoms with E-state index < -0.39 is 11.8 Å². The van der Waals surface area contributed by atoms with Gasteiger partial charge in [0.1, 0.15) is 5.70 Å². The number of anilines is 3. The van der Waals surface area contributed by atoms with E-state index in [2.05, 4.69) is 10.6 Å². The lowest BCUT2D eigenvalue weighted by Gasteiger charge is -2.16. The van der Waals surface area contributed by atoms with E-state index in [0.717, 1.165) is 11.1 Å². The second-order valence-electron chi connectivity index (χ2n) is 7.88. The zero-order chi connectivity index (χ0) is 23.7. The number of hydrogen-bond acceptors (Lipinski definition) is 4. The predicted molar refractivity (Wildman–Crippen MR) is 131 cm³/mol. The number of benzene rings is 3. The Kier molecular flexibility index (Phi) is 6.03. The Labute approximate surface area is 196 Å². The number of amides is 3. The van der Waals surface area contributed by atoms with Crippen molar-refractivity contribution in [3.8, 4) is 0 Å². The van der Waals surface area contributed by atoms with E-state index in [-0.39, 0.29) is 17.2 Å². The van der Waals surface area contributed by atoms with Crippen LogP contribution < -0.4 is 15.5 Å². The minimum Gasteiger partial charge on any atom is -0.350 e. The van der Waals surface area contributed by atoms with Gasteiger partial charge in [-0.2, -0.15) is 0 Å². The Balaban J connectivity index is 1.82. The van der Waals surface area contributed by atoms with E-state index in [9.17, 15) is 14.4 Å². The van der Waals surface area contributed by atoms with Crippen LogP contribution in [0.5, 0.6) is 0 Å². The molecule has 33 heavy (non-hydrogen) atoms. The molecule has 1 aliphatic heterocycles. The number of imide groups is 1. The molecule has 7 heteroatoms. The first-order valence-electron chi connectivity index (χ1n) is 10.4. The molecule has 1 heterocycles. The van der Waals surface area contributed by atoms with Crippen molar-refractivity contribution in [1.29, 1.82) is 0 Å². The highest BCUT2D eigenvalue weighted by Gasteiger charge is 2.40. The Morgan fingerprint density at radius 2 is 1.64 bits per heavy atom. The van der Waals surface area contributed by atoms with Crippen molar-refractivity contribution in [1.82, 2.24) is 0 Å². The first kappa shape index (κ1) is 22.3. The topological polar surface area (TPSA) is 78.5 Å². The number of hydrogen-bond donors (Lipinski definition) is 2. The molecule has 3 aromatic carbocycles. The molecule has 166 valence electrons. The fourth-order valence-electron chi connectivity index (χ4n) is 3.70. The zero-order valence-corrected chi connectivity index (χ0v) is 19.2. The summed E-state index contributed by atoms with van der Waals surface area (Å²) in [6, 6.07) is 19.3. The van der Waals surface area contributed by atoms with Gasteiger partial charge >= 0.3 is 0 Å². The van der Waals surface area contributed by atoms with Crippen LogP contribution >= 0.6 is 11.6 Å². The van der Waals surface area contributed by atoms with E-state index in [1.807, 2.05) is 26.0 Å². The minimum atomic E-state index is -0.453. The number of aryl methyl sites for hydroxylation is 2. The highest BCUT2D eigenvalue weighted by molar-refractivity contribution is 6.46. The molecule has 0 atom stereocenters. The van der Waals surface area contributed by atoms with E-state index in [0.29, 0.717) is 27.6 Å². The van der Waals surface area contributed by atoms with E-state index in [4.69, 9.17) is 11.6 Å². The molecule has 0 radical (unpaired) electrons. The molecule has 0 aromatic heterocycles. The molecule has 4 rings (SSSR count). The zero-order valence-electron chi connectivity index (χ0n) is 18.4. The largest absolute Gasteiger partial charge is 0.350 e. The van der Waals surface area contributed by atoms with Crippen LogP contribution in [0.3, 0.4) is 0 Å². The molecule has 0 saturated heterocycles. The van der Waals surface area contributed by atoms with Crippen molar-refractivity contribution < 1.29 is 14.4 Å². The van der Waals surface area contributed by atoms with Gasteiger partial charge in [0.05, 0.1) is 11.3 Å². The van der Waals surface area contributed by atoms with Gasteiger partial charge in [-0.3, -0.25) is 14.4 Å². The Hall–Kier alpha value is -3.90. The fourth-order valence-corrected chi connectivity index (χ4v) is 3.87. The maximum absolute atomic E-state index is 13.6. The van der Waals surface area contributed by atoms with Crippen LogP contribution in [0.25, 0.3) is 5.57 Å². The molecule has 0 saturated carbocycles. The van der Waals surface area contributed by atoms with Crippen LogP contribution in [0.2, 0.25) is 5.02 Å². The summed E-state index contributed by atoms with van der Waals surface area (Å²) in [5.41, 5.74) is 4.51. The molecule has 1 aliphatic rings. The molecule has 0 bridgehead atoms. The third-order valence-corrected chi connectivity index (χ3v) is 5.53. The predicted octanol–water partition coefficient (Wildman–Crippen LogP) is 5.31. The monoisotopic (exact) mass is 459 g/mol. The molecule has 3 aromatic rings. The van der Waals surface area contributed by atoms with Gasteiger partial charge in [0.25, 0.3) is 11.8 Å². The molecule has 0 spiro atoms. The van der Waals surface area contributed by atoms with Crippen LogP contribution in [0.1, 0.15) is 23.6 Å². The number of carbonyl (C=O) groups excluding carboxylic acids is 3. The van der Waals surface area contributed by atoms with Crippen molar-refractivity contribution in [3.63, 3.8) is 0 Å². The summed E-state index contributed by atoms with van der Waals surface area (Å²) in [5, 5.41) is 6.37. The molecule has 0 aliphatic carbocycles. The summed E-state index contributed by atoms with van der Waals surface area (Å²) in [6.45, 7) is 5.21. The number of nitrogens with zero attached hydrogens (tertiary/aromatic N) is 1. The van der Waals surface area contributed by atoms with Gasteiger partial charge < -0.3 is 10.6 Å².